The van der Waals surface area contributed by atoms with E-state index in [4.69, 9.17) is 0 Å². The number of carbonyl (C=O) groups is 2. The van der Waals surface area contributed by atoms with Gasteiger partial charge in [-0.3, -0.25) is 14.5 Å². The van der Waals surface area contributed by atoms with Crippen molar-refractivity contribution in [2.75, 3.05) is 6.54 Å². The van der Waals surface area contributed by atoms with Gasteiger partial charge in [0.2, 0.25) is 11.8 Å². The average Bonchev–Trinajstić information content (AvgIpc) is 2.22. The van der Waals surface area contributed by atoms with Crippen LogP contribution in [-0.2, 0) is 9.59 Å². The fourth-order valence-electron chi connectivity index (χ4n) is 2.20. The zero-order valence-electron chi connectivity index (χ0n) is 10.3. The molecule has 0 aromatic rings. The van der Waals surface area contributed by atoms with E-state index in [0.717, 1.165) is 25.7 Å². The van der Waals surface area contributed by atoms with Crippen molar-refractivity contribution in [1.82, 2.24) is 4.90 Å². The van der Waals surface area contributed by atoms with Crippen LogP contribution in [0.25, 0.3) is 0 Å². The van der Waals surface area contributed by atoms with Crippen molar-refractivity contribution < 1.29 is 9.59 Å². The van der Waals surface area contributed by atoms with E-state index in [1.807, 2.05) is 0 Å². The Kier molecular flexibility index (Phi) is 6.12. The average molecular weight is 225 g/mol. The molecule has 1 fully saturated rings. The molecule has 0 N–H and O–H groups in total. The smallest absolute Gasteiger partial charge is 0.229 e. The van der Waals surface area contributed by atoms with Gasteiger partial charge in [0.1, 0.15) is 0 Å². The van der Waals surface area contributed by atoms with Crippen LogP contribution in [-0.4, -0.2) is 23.3 Å². The van der Waals surface area contributed by atoms with E-state index < -0.39 is 0 Å². The second-order valence-electron chi connectivity index (χ2n) is 4.64. The number of rotatable bonds is 0. The highest BCUT2D eigenvalue weighted by Gasteiger charge is 2.16. The molecular weight excluding hydrogens is 202 g/mol. The van der Waals surface area contributed by atoms with E-state index >= 15 is 0 Å². The third-order valence-electron chi connectivity index (χ3n) is 3.20. The van der Waals surface area contributed by atoms with Gasteiger partial charge >= 0.3 is 0 Å². The van der Waals surface area contributed by atoms with Crippen molar-refractivity contribution in [1.29, 1.82) is 0 Å². The van der Waals surface area contributed by atoms with Crippen LogP contribution in [0.5, 0.6) is 0 Å². The fourth-order valence-corrected chi connectivity index (χ4v) is 2.20. The molecule has 0 unspecified atom stereocenters. The second-order valence-corrected chi connectivity index (χ2v) is 4.64. The summed E-state index contributed by atoms with van der Waals surface area (Å²) in [5, 5.41) is 0. The molecule has 0 radical (unpaired) electrons. The van der Waals surface area contributed by atoms with Crippen molar-refractivity contribution >= 4 is 11.8 Å². The van der Waals surface area contributed by atoms with Crippen LogP contribution in [0.2, 0.25) is 0 Å². The molecule has 1 rings (SSSR count). The van der Waals surface area contributed by atoms with Gasteiger partial charge in [0.25, 0.3) is 0 Å². The van der Waals surface area contributed by atoms with Crippen LogP contribution >= 0.6 is 0 Å². The molecule has 0 saturated carbocycles. The summed E-state index contributed by atoms with van der Waals surface area (Å²) < 4.78 is 0. The third kappa shape index (κ3) is 4.77. The van der Waals surface area contributed by atoms with E-state index in [0.29, 0.717) is 13.0 Å². The first-order valence-corrected chi connectivity index (χ1v) is 6.53. The summed E-state index contributed by atoms with van der Waals surface area (Å²) >= 11 is 0. The molecule has 0 bridgehead atoms. The number of imide groups is 1. The van der Waals surface area contributed by atoms with Crippen LogP contribution < -0.4 is 0 Å². The molecule has 1 heterocycles. The molecule has 1 aliphatic heterocycles. The lowest BCUT2D eigenvalue weighted by Gasteiger charge is -2.19. The highest BCUT2D eigenvalue weighted by molar-refractivity contribution is 5.94. The van der Waals surface area contributed by atoms with Gasteiger partial charge in [0.15, 0.2) is 0 Å². The Morgan fingerprint density at radius 2 is 1.44 bits per heavy atom. The summed E-state index contributed by atoms with van der Waals surface area (Å²) in [4.78, 5) is 24.5. The van der Waals surface area contributed by atoms with Gasteiger partial charge in [-0.15, -0.1) is 0 Å². The molecule has 1 aliphatic rings. The van der Waals surface area contributed by atoms with Crippen LogP contribution in [0.4, 0.5) is 0 Å². The van der Waals surface area contributed by atoms with Crippen LogP contribution in [0.3, 0.4) is 0 Å². The highest BCUT2D eigenvalue weighted by Crippen LogP contribution is 2.13. The molecule has 3 nitrogen and oxygen atoms in total. The molecule has 2 amide bonds. The van der Waals surface area contributed by atoms with Crippen molar-refractivity contribution in [3.05, 3.63) is 0 Å². The van der Waals surface area contributed by atoms with Gasteiger partial charge < -0.3 is 0 Å². The summed E-state index contributed by atoms with van der Waals surface area (Å²) in [6, 6.07) is 0. The molecule has 1 saturated heterocycles. The van der Waals surface area contributed by atoms with Gasteiger partial charge in [0.05, 0.1) is 0 Å². The van der Waals surface area contributed by atoms with E-state index in [1.165, 1.54) is 37.5 Å². The largest absolute Gasteiger partial charge is 0.283 e. The highest BCUT2D eigenvalue weighted by atomic mass is 16.2. The Hall–Kier alpha value is -0.860. The van der Waals surface area contributed by atoms with E-state index in [2.05, 4.69) is 0 Å². The minimum absolute atomic E-state index is 0.0214. The summed E-state index contributed by atoms with van der Waals surface area (Å²) in [6.07, 6.45) is 9.76. The normalized spacial score (nSPS) is 21.1. The predicted molar refractivity (Wildman–Crippen MR) is 63.9 cm³/mol. The number of amides is 2. The van der Waals surface area contributed by atoms with Gasteiger partial charge in [-0.25, -0.2) is 0 Å². The summed E-state index contributed by atoms with van der Waals surface area (Å²) in [5.41, 5.74) is 0. The number of hydrogen-bond acceptors (Lipinski definition) is 2. The maximum atomic E-state index is 11.8. The first-order valence-electron chi connectivity index (χ1n) is 6.53. The molecule has 0 aromatic carbocycles. The number of carbonyl (C=O) groups excluding carboxylic acids is 2. The van der Waals surface area contributed by atoms with Crippen molar-refractivity contribution in [3.8, 4) is 0 Å². The molecule has 0 aliphatic carbocycles. The Bertz CT molecular complexity index is 238. The zero-order chi connectivity index (χ0) is 11.8. The predicted octanol–water partition coefficient (Wildman–Crippen LogP) is 2.89. The molecule has 3 heteroatoms. The maximum absolute atomic E-state index is 11.8. The standard InChI is InChI=1S/C13H23NO2/c1-12(15)14-11-9-7-5-3-2-4-6-8-10-13(14)16/h2-11H2,1H3. The minimum atomic E-state index is -0.0953. The first-order chi connectivity index (χ1) is 7.72. The molecular formula is C13H23NO2. The summed E-state index contributed by atoms with van der Waals surface area (Å²) in [5.74, 6) is -0.0740. The lowest BCUT2D eigenvalue weighted by atomic mass is 10.1. The maximum Gasteiger partial charge on any atom is 0.229 e. The SMILES string of the molecule is CC(=O)N1CCCCCCCCCCC1=O. The zero-order valence-corrected chi connectivity index (χ0v) is 10.3. The van der Waals surface area contributed by atoms with E-state index in [9.17, 15) is 9.59 Å². The van der Waals surface area contributed by atoms with Gasteiger partial charge in [-0.05, 0) is 12.8 Å². The third-order valence-corrected chi connectivity index (χ3v) is 3.20. The molecule has 0 atom stereocenters. The topological polar surface area (TPSA) is 37.4 Å². The van der Waals surface area contributed by atoms with E-state index in [-0.39, 0.29) is 11.8 Å². The Labute approximate surface area is 98.2 Å². The van der Waals surface area contributed by atoms with Crippen molar-refractivity contribution in [3.63, 3.8) is 0 Å². The molecule has 0 spiro atoms. The quantitative estimate of drug-likeness (QED) is 0.635. The van der Waals surface area contributed by atoms with Crippen molar-refractivity contribution in [2.24, 2.45) is 0 Å². The number of nitrogens with zero attached hydrogens (tertiary/aromatic N) is 1. The van der Waals surface area contributed by atoms with Crippen LogP contribution in [0, 0.1) is 0 Å². The first kappa shape index (κ1) is 13.2. The summed E-state index contributed by atoms with van der Waals surface area (Å²) in [7, 11) is 0. The van der Waals surface area contributed by atoms with Crippen LogP contribution in [0.15, 0.2) is 0 Å². The second kappa shape index (κ2) is 7.42. The van der Waals surface area contributed by atoms with Gasteiger partial charge in [-0.1, -0.05) is 38.5 Å². The Morgan fingerprint density at radius 3 is 2.00 bits per heavy atom. The van der Waals surface area contributed by atoms with Gasteiger partial charge in [-0.2, -0.15) is 0 Å². The summed E-state index contributed by atoms with van der Waals surface area (Å²) in [6.45, 7) is 2.11. The number of hydrogen-bond donors (Lipinski definition) is 0. The van der Waals surface area contributed by atoms with Gasteiger partial charge in [0, 0.05) is 19.9 Å². The Balaban J connectivity index is 2.46. The minimum Gasteiger partial charge on any atom is -0.283 e. The fraction of sp³-hybridized carbons (Fsp3) is 0.846. The lowest BCUT2D eigenvalue weighted by molar-refractivity contribution is -0.143. The van der Waals surface area contributed by atoms with E-state index in [1.54, 1.807) is 0 Å². The molecule has 92 valence electrons. The monoisotopic (exact) mass is 225 g/mol. The lowest BCUT2D eigenvalue weighted by Crippen LogP contribution is -2.35. The van der Waals surface area contributed by atoms with Crippen molar-refractivity contribution in [2.45, 2.75) is 64.7 Å². The molecule has 0 aromatic heterocycles. The van der Waals surface area contributed by atoms with Crippen LogP contribution in [0.1, 0.15) is 64.7 Å². The molecule has 16 heavy (non-hydrogen) atoms. The Morgan fingerprint density at radius 1 is 0.938 bits per heavy atom.